The lowest BCUT2D eigenvalue weighted by Crippen LogP contribution is -2.67. The van der Waals surface area contributed by atoms with E-state index < -0.39 is 0 Å². The van der Waals surface area contributed by atoms with Gasteiger partial charge in [-0.2, -0.15) is 0 Å². The number of hydrogen-bond donors (Lipinski definition) is 0. The van der Waals surface area contributed by atoms with Gasteiger partial charge in [0.2, 0.25) is 0 Å². The summed E-state index contributed by atoms with van der Waals surface area (Å²) in [6.45, 7) is 7.50. The fourth-order valence-corrected chi connectivity index (χ4v) is 5.09. The minimum Gasteiger partial charge on any atom is -0.0651 e. The largest absolute Gasteiger partial charge is 0.0651 e. The summed E-state index contributed by atoms with van der Waals surface area (Å²) in [5, 5.41) is 0. The fourth-order valence-electron chi connectivity index (χ4n) is 5.09. The Morgan fingerprint density at radius 1 is 1.25 bits per heavy atom. The monoisotopic (exact) mass is 164 g/mol. The Labute approximate surface area is 75.7 Å². The van der Waals surface area contributed by atoms with E-state index in [2.05, 4.69) is 20.8 Å². The molecular weight excluding hydrogens is 144 g/mol. The maximum absolute atomic E-state index is 2.57. The number of hydrogen-bond acceptors (Lipinski definition) is 0. The molecule has 5 unspecified atom stereocenters. The molecule has 3 rings (SSSR count). The SMILES string of the molecule is CCC1C2CCC3(C)CC1C23C. The highest BCUT2D eigenvalue weighted by molar-refractivity contribution is 5.24. The normalized spacial score (nSPS) is 66.8. The van der Waals surface area contributed by atoms with Crippen molar-refractivity contribution < 1.29 is 0 Å². The molecule has 0 aromatic carbocycles. The van der Waals surface area contributed by atoms with Gasteiger partial charge in [0.15, 0.2) is 0 Å². The topological polar surface area (TPSA) is 0 Å². The standard InChI is InChI=1S/C12H20/c1-4-8-9-5-6-11(2)7-10(8)12(9,11)3/h8-10H,4-7H2,1-3H3. The lowest BCUT2D eigenvalue weighted by molar-refractivity contribution is -0.247. The summed E-state index contributed by atoms with van der Waals surface area (Å²) < 4.78 is 0. The van der Waals surface area contributed by atoms with Crippen molar-refractivity contribution in [3.8, 4) is 0 Å². The van der Waals surface area contributed by atoms with Crippen LogP contribution in [0.2, 0.25) is 0 Å². The van der Waals surface area contributed by atoms with E-state index in [4.69, 9.17) is 0 Å². The maximum Gasteiger partial charge on any atom is -0.0210 e. The Bertz CT molecular complexity index is 232. The van der Waals surface area contributed by atoms with Gasteiger partial charge >= 0.3 is 0 Å². The van der Waals surface area contributed by atoms with Crippen molar-refractivity contribution in [3.05, 3.63) is 0 Å². The molecule has 0 spiro atoms. The summed E-state index contributed by atoms with van der Waals surface area (Å²) in [5.41, 5.74) is 1.57. The molecule has 3 aliphatic carbocycles. The maximum atomic E-state index is 2.57. The lowest BCUT2D eigenvalue weighted by Gasteiger charge is -2.73. The second-order valence-corrected chi connectivity index (χ2v) is 5.87. The first-order valence-corrected chi connectivity index (χ1v) is 5.63. The van der Waals surface area contributed by atoms with Crippen LogP contribution in [0.5, 0.6) is 0 Å². The van der Waals surface area contributed by atoms with E-state index in [0.29, 0.717) is 0 Å². The molecule has 3 aliphatic rings. The second kappa shape index (κ2) is 1.76. The van der Waals surface area contributed by atoms with Crippen LogP contribution in [0.15, 0.2) is 0 Å². The van der Waals surface area contributed by atoms with Gasteiger partial charge < -0.3 is 0 Å². The van der Waals surface area contributed by atoms with E-state index in [9.17, 15) is 0 Å². The third kappa shape index (κ3) is 0.459. The van der Waals surface area contributed by atoms with Gasteiger partial charge in [0.25, 0.3) is 0 Å². The lowest BCUT2D eigenvalue weighted by atomic mass is 9.32. The average molecular weight is 164 g/mol. The minimum absolute atomic E-state index is 0.772. The van der Waals surface area contributed by atoms with Crippen LogP contribution >= 0.6 is 0 Å². The first-order chi connectivity index (χ1) is 5.63. The van der Waals surface area contributed by atoms with Crippen molar-refractivity contribution in [1.29, 1.82) is 0 Å². The van der Waals surface area contributed by atoms with Crippen LogP contribution in [0.25, 0.3) is 0 Å². The Hall–Kier alpha value is 0. The van der Waals surface area contributed by atoms with Crippen molar-refractivity contribution in [2.75, 3.05) is 0 Å². The van der Waals surface area contributed by atoms with E-state index in [1.54, 1.807) is 12.8 Å². The van der Waals surface area contributed by atoms with Crippen LogP contribution in [0.4, 0.5) is 0 Å². The van der Waals surface area contributed by atoms with Gasteiger partial charge in [-0.05, 0) is 47.8 Å². The van der Waals surface area contributed by atoms with Crippen LogP contribution in [-0.4, -0.2) is 0 Å². The molecule has 0 amide bonds. The van der Waals surface area contributed by atoms with E-state index >= 15 is 0 Å². The predicted molar refractivity (Wildman–Crippen MR) is 50.8 cm³/mol. The molecule has 0 saturated heterocycles. The van der Waals surface area contributed by atoms with Crippen LogP contribution < -0.4 is 0 Å². The summed E-state index contributed by atoms with van der Waals surface area (Å²) in [4.78, 5) is 0. The summed E-state index contributed by atoms with van der Waals surface area (Å²) in [7, 11) is 0. The van der Waals surface area contributed by atoms with Gasteiger partial charge in [0.05, 0.1) is 0 Å². The molecule has 68 valence electrons. The van der Waals surface area contributed by atoms with Crippen LogP contribution in [0.3, 0.4) is 0 Å². The van der Waals surface area contributed by atoms with E-state index in [1.807, 2.05) is 0 Å². The molecule has 12 heavy (non-hydrogen) atoms. The molecule has 0 N–H and O–H groups in total. The molecule has 3 saturated carbocycles. The summed E-state index contributed by atoms with van der Waals surface area (Å²) >= 11 is 0. The van der Waals surface area contributed by atoms with E-state index in [1.165, 1.54) is 12.8 Å². The highest BCUT2D eigenvalue weighted by Crippen LogP contribution is 2.82. The summed E-state index contributed by atoms with van der Waals surface area (Å²) in [6.07, 6.45) is 6.07. The molecule has 0 aliphatic heterocycles. The zero-order valence-corrected chi connectivity index (χ0v) is 8.56. The van der Waals surface area contributed by atoms with Crippen molar-refractivity contribution in [2.45, 2.75) is 46.5 Å². The highest BCUT2D eigenvalue weighted by Gasteiger charge is 2.75. The van der Waals surface area contributed by atoms with Gasteiger partial charge in [-0.1, -0.05) is 27.2 Å². The quantitative estimate of drug-likeness (QED) is 0.556. The van der Waals surface area contributed by atoms with Gasteiger partial charge in [-0.3, -0.25) is 0 Å². The van der Waals surface area contributed by atoms with Crippen molar-refractivity contribution in [2.24, 2.45) is 28.6 Å². The first kappa shape index (κ1) is 7.41. The van der Waals surface area contributed by atoms with Gasteiger partial charge in [-0.15, -0.1) is 0 Å². The molecule has 0 heteroatoms. The van der Waals surface area contributed by atoms with Crippen LogP contribution in [-0.2, 0) is 0 Å². The third-order valence-electron chi connectivity index (χ3n) is 6.02. The Balaban J connectivity index is 1.95. The highest BCUT2D eigenvalue weighted by atomic mass is 14.8. The summed E-state index contributed by atoms with van der Waals surface area (Å²) in [6, 6.07) is 0. The zero-order chi connectivity index (χ0) is 8.56. The molecule has 0 nitrogen and oxygen atoms in total. The third-order valence-corrected chi connectivity index (χ3v) is 6.02. The molecule has 0 bridgehead atoms. The summed E-state index contributed by atoms with van der Waals surface area (Å²) in [5.74, 6) is 3.36. The van der Waals surface area contributed by atoms with Crippen LogP contribution in [0, 0.1) is 28.6 Å². The van der Waals surface area contributed by atoms with Gasteiger partial charge in [0.1, 0.15) is 0 Å². The molecule has 0 heterocycles. The number of rotatable bonds is 1. The zero-order valence-electron chi connectivity index (χ0n) is 8.56. The van der Waals surface area contributed by atoms with Crippen molar-refractivity contribution in [1.82, 2.24) is 0 Å². The Morgan fingerprint density at radius 2 is 2.00 bits per heavy atom. The van der Waals surface area contributed by atoms with Crippen molar-refractivity contribution >= 4 is 0 Å². The second-order valence-electron chi connectivity index (χ2n) is 5.87. The average Bonchev–Trinajstić information content (AvgIpc) is 2.27. The van der Waals surface area contributed by atoms with Crippen LogP contribution in [0.1, 0.15) is 46.5 Å². The molecule has 5 atom stereocenters. The predicted octanol–water partition coefficient (Wildman–Crippen LogP) is 3.47. The molecule has 0 aromatic rings. The smallest absolute Gasteiger partial charge is 0.0210 e. The minimum atomic E-state index is 0.772. The van der Waals surface area contributed by atoms with Crippen molar-refractivity contribution in [3.63, 3.8) is 0 Å². The first-order valence-electron chi connectivity index (χ1n) is 5.63. The molecule has 0 aromatic heterocycles. The molecule has 3 fully saturated rings. The van der Waals surface area contributed by atoms with E-state index in [0.717, 1.165) is 28.6 Å². The van der Waals surface area contributed by atoms with E-state index in [-0.39, 0.29) is 0 Å². The molecular formula is C12H20. The fraction of sp³-hybridized carbons (Fsp3) is 1.00. The Morgan fingerprint density at radius 3 is 2.67 bits per heavy atom. The molecule has 0 radical (unpaired) electrons. The van der Waals surface area contributed by atoms with Gasteiger partial charge in [0, 0.05) is 0 Å². The Kier molecular flexibility index (Phi) is 1.09. The van der Waals surface area contributed by atoms with Gasteiger partial charge in [-0.25, -0.2) is 0 Å².